The predicted molar refractivity (Wildman–Crippen MR) is 83.8 cm³/mol. The van der Waals surface area contributed by atoms with Crippen LogP contribution in [0.4, 0.5) is 0 Å². The Bertz CT molecular complexity index is 428. The summed E-state index contributed by atoms with van der Waals surface area (Å²) in [5.41, 5.74) is 0. The molecule has 0 aliphatic heterocycles. The molecule has 0 atom stereocenters. The van der Waals surface area contributed by atoms with Gasteiger partial charge in [0.15, 0.2) is 0 Å². The van der Waals surface area contributed by atoms with Gasteiger partial charge in [-0.15, -0.1) is 47.2 Å². The average Bonchev–Trinajstić information content (AvgIpc) is 2.31. The van der Waals surface area contributed by atoms with E-state index in [0.29, 0.717) is 0 Å². The molecule has 18 heavy (non-hydrogen) atoms. The number of fused-ring (bicyclic) bond motifs is 1. The first-order valence-electron chi connectivity index (χ1n) is 4.23. The maximum atomic E-state index is 5.77. The predicted octanol–water partition coefficient (Wildman–Crippen LogP) is 1.09. The molecule has 0 radical (unpaired) electrons. The van der Waals surface area contributed by atoms with Gasteiger partial charge in [0.1, 0.15) is 0 Å². The number of rotatable bonds is 0. The molecule has 0 aromatic heterocycles. The molecule has 2 nitrogen and oxygen atoms in total. The van der Waals surface area contributed by atoms with Gasteiger partial charge in [0.05, 0.1) is 10.3 Å². The minimum atomic E-state index is 0. The van der Waals surface area contributed by atoms with E-state index >= 15 is 0 Å². The summed E-state index contributed by atoms with van der Waals surface area (Å²) in [5.74, 6) is 0. The van der Waals surface area contributed by atoms with E-state index in [1.165, 1.54) is 10.8 Å². The van der Waals surface area contributed by atoms with Crippen molar-refractivity contribution >= 4 is 59.0 Å². The first kappa shape index (κ1) is 22.8. The van der Waals surface area contributed by atoms with Gasteiger partial charge in [-0.25, -0.2) is 10.8 Å². The van der Waals surface area contributed by atoms with Crippen molar-refractivity contribution in [2.24, 2.45) is 0 Å². The second-order valence-corrected chi connectivity index (χ2v) is 2.87. The van der Waals surface area contributed by atoms with E-state index in [2.05, 4.69) is 48.7 Å². The summed E-state index contributed by atoms with van der Waals surface area (Å²) in [7, 11) is 0. The largest absolute Gasteiger partial charge is 1.00 e. The van der Waals surface area contributed by atoms with Crippen LogP contribution in [0.2, 0.25) is 0 Å². The third-order valence-electron chi connectivity index (χ3n) is 1.57. The Kier molecular flexibility index (Phi) is 21.1. The zero-order chi connectivity index (χ0) is 12.2. The fraction of sp³-hybridized carbons (Fsp3) is 0. The van der Waals surface area contributed by atoms with Crippen LogP contribution in [0.15, 0.2) is 42.5 Å². The summed E-state index contributed by atoms with van der Waals surface area (Å²) in [5, 5.41) is 17.2. The van der Waals surface area contributed by atoms with Crippen LogP contribution in [-0.2, 0) is 0 Å². The topological polar surface area (TPSA) is 47.7 Å². The number of benzene rings is 2. The van der Waals surface area contributed by atoms with Gasteiger partial charge in [-0.2, -0.15) is 13.5 Å². The molecule has 88 valence electrons. The SMILES string of the molecule is N=C=S.N=C=S.S.[Na+].[c-]1cccc2ccccc12. The van der Waals surface area contributed by atoms with Crippen LogP contribution in [0.3, 0.4) is 0 Å². The molecule has 2 N–H and O–H groups in total. The quantitative estimate of drug-likeness (QED) is 0.331. The van der Waals surface area contributed by atoms with Crippen LogP contribution in [0.1, 0.15) is 0 Å². The van der Waals surface area contributed by atoms with Crippen LogP contribution in [0.25, 0.3) is 10.8 Å². The summed E-state index contributed by atoms with van der Waals surface area (Å²) in [6.07, 6.45) is 0. The van der Waals surface area contributed by atoms with Crippen molar-refractivity contribution in [3.8, 4) is 0 Å². The Balaban J connectivity index is -0.000000246. The van der Waals surface area contributed by atoms with Gasteiger partial charge in [0, 0.05) is 0 Å². The molecule has 0 bridgehead atoms. The summed E-state index contributed by atoms with van der Waals surface area (Å²) >= 11 is 7.62. The zero-order valence-electron chi connectivity index (χ0n) is 9.86. The van der Waals surface area contributed by atoms with E-state index in [-0.39, 0.29) is 43.1 Å². The van der Waals surface area contributed by atoms with Crippen molar-refractivity contribution in [2.45, 2.75) is 0 Å². The van der Waals surface area contributed by atoms with Crippen LogP contribution in [0, 0.1) is 16.9 Å². The van der Waals surface area contributed by atoms with Crippen LogP contribution in [-0.4, -0.2) is 10.3 Å². The van der Waals surface area contributed by atoms with Gasteiger partial charge in [0.2, 0.25) is 0 Å². The van der Waals surface area contributed by atoms with Gasteiger partial charge in [0.25, 0.3) is 0 Å². The van der Waals surface area contributed by atoms with Gasteiger partial charge in [-0.1, -0.05) is 12.1 Å². The first-order chi connectivity index (χ1) is 7.79. The van der Waals surface area contributed by atoms with Gasteiger partial charge in [-0.3, -0.25) is 0 Å². The first-order valence-corrected chi connectivity index (χ1v) is 5.05. The average molecular weight is 302 g/mol. The summed E-state index contributed by atoms with van der Waals surface area (Å²) in [4.78, 5) is 0. The summed E-state index contributed by atoms with van der Waals surface area (Å²) in [6, 6.07) is 17.4. The number of hydrogen-bond donors (Lipinski definition) is 2. The third-order valence-corrected chi connectivity index (χ3v) is 1.57. The molecular formula is C12H11N2NaS3. The van der Waals surface area contributed by atoms with Gasteiger partial charge >= 0.3 is 29.6 Å². The maximum absolute atomic E-state index is 5.77. The van der Waals surface area contributed by atoms with E-state index in [4.69, 9.17) is 10.8 Å². The Morgan fingerprint density at radius 1 is 0.944 bits per heavy atom. The number of hydrogen-bond acceptors (Lipinski definition) is 4. The van der Waals surface area contributed by atoms with Gasteiger partial charge < -0.3 is 0 Å². The van der Waals surface area contributed by atoms with Crippen molar-refractivity contribution < 1.29 is 29.6 Å². The molecule has 0 aliphatic rings. The Morgan fingerprint density at radius 3 is 1.89 bits per heavy atom. The van der Waals surface area contributed by atoms with Crippen molar-refractivity contribution in [1.29, 1.82) is 10.8 Å². The molecule has 2 aromatic carbocycles. The van der Waals surface area contributed by atoms with E-state index in [1.54, 1.807) is 10.3 Å². The van der Waals surface area contributed by atoms with E-state index in [1.807, 2.05) is 24.3 Å². The molecule has 0 spiro atoms. The molecule has 2 rings (SSSR count). The van der Waals surface area contributed by atoms with E-state index in [0.717, 1.165) is 0 Å². The molecule has 0 unspecified atom stereocenters. The van der Waals surface area contributed by atoms with E-state index < -0.39 is 0 Å². The second kappa shape index (κ2) is 16.6. The molecule has 0 heterocycles. The van der Waals surface area contributed by atoms with Crippen molar-refractivity contribution in [2.75, 3.05) is 0 Å². The Hall–Kier alpha value is -0.350. The Labute approximate surface area is 147 Å². The van der Waals surface area contributed by atoms with E-state index in [9.17, 15) is 0 Å². The minimum Gasteiger partial charge on any atom is -0.248 e. The second-order valence-electron chi connectivity index (χ2n) is 2.46. The standard InChI is InChI=1S/C10H7.2CHNS.Na.H2S/c1-2-6-10-8-4-3-7-9(10)5-1;2*2-1-3;;/h1-7H;2*2H;;1H2/q-1;;;+1;. The smallest absolute Gasteiger partial charge is 0.248 e. The number of nitrogens with one attached hydrogen (secondary N) is 2. The van der Waals surface area contributed by atoms with Crippen LogP contribution in [0.5, 0.6) is 0 Å². The fourth-order valence-corrected chi connectivity index (χ4v) is 1.06. The summed E-state index contributed by atoms with van der Waals surface area (Å²) < 4.78 is 0. The van der Waals surface area contributed by atoms with Crippen molar-refractivity contribution in [3.05, 3.63) is 48.5 Å². The van der Waals surface area contributed by atoms with Gasteiger partial charge in [-0.05, 0) is 24.4 Å². The summed E-state index contributed by atoms with van der Waals surface area (Å²) in [6.45, 7) is 0. The van der Waals surface area contributed by atoms with Crippen LogP contribution >= 0.6 is 37.9 Å². The molecule has 0 amide bonds. The minimum absolute atomic E-state index is 0. The Morgan fingerprint density at radius 2 is 1.39 bits per heavy atom. The maximum Gasteiger partial charge on any atom is 1.00 e. The van der Waals surface area contributed by atoms with Crippen LogP contribution < -0.4 is 29.6 Å². The normalized spacial score (nSPS) is 6.44. The molecule has 6 heteroatoms. The van der Waals surface area contributed by atoms with Crippen molar-refractivity contribution in [1.82, 2.24) is 0 Å². The zero-order valence-corrected chi connectivity index (χ0v) is 14.5. The van der Waals surface area contributed by atoms with Crippen molar-refractivity contribution in [3.63, 3.8) is 0 Å². The third kappa shape index (κ3) is 10.8. The molecule has 2 aromatic rings. The molecule has 0 fully saturated rings. The molecule has 0 saturated heterocycles. The number of thiocarbonyl (C=S) groups is 2. The fourth-order valence-electron chi connectivity index (χ4n) is 1.06. The molecule has 0 saturated carbocycles. The molecule has 0 aliphatic carbocycles. The number of isothiocyanates is 2. The monoisotopic (exact) mass is 302 g/mol. The molecular weight excluding hydrogens is 291 g/mol.